The van der Waals surface area contributed by atoms with Gasteiger partial charge < -0.3 is 10.1 Å². The van der Waals surface area contributed by atoms with E-state index in [9.17, 15) is 9.18 Å². The SMILES string of the molecule is Cc1c(C(=O)NC[C@H]2CCCO2)nnn1-c1cccc2c1CCN(Cc1cccc(F)c1)C2. The molecule has 0 saturated carbocycles. The molecule has 7 nitrogen and oxygen atoms in total. The van der Waals surface area contributed by atoms with Gasteiger partial charge in [0.25, 0.3) is 5.91 Å². The zero-order chi connectivity index (χ0) is 22.8. The molecule has 0 spiro atoms. The highest BCUT2D eigenvalue weighted by Gasteiger charge is 2.24. The Balaban J connectivity index is 1.31. The van der Waals surface area contributed by atoms with Gasteiger partial charge in [0.15, 0.2) is 5.69 Å². The second kappa shape index (κ2) is 9.41. The monoisotopic (exact) mass is 449 g/mol. The van der Waals surface area contributed by atoms with E-state index in [4.69, 9.17) is 4.74 Å². The normalized spacial score (nSPS) is 18.3. The third kappa shape index (κ3) is 4.67. The smallest absolute Gasteiger partial charge is 0.273 e. The van der Waals surface area contributed by atoms with E-state index in [0.29, 0.717) is 18.8 Å². The number of ether oxygens (including phenoxy) is 1. The molecule has 0 aliphatic carbocycles. The zero-order valence-corrected chi connectivity index (χ0v) is 18.8. The lowest BCUT2D eigenvalue weighted by Crippen LogP contribution is -2.32. The van der Waals surface area contributed by atoms with Crippen LogP contribution in [0, 0.1) is 12.7 Å². The quantitative estimate of drug-likeness (QED) is 0.626. The maximum atomic E-state index is 13.6. The largest absolute Gasteiger partial charge is 0.376 e. The molecule has 2 aromatic carbocycles. The van der Waals surface area contributed by atoms with E-state index < -0.39 is 0 Å². The first-order valence-electron chi connectivity index (χ1n) is 11.5. The first kappa shape index (κ1) is 21.7. The Bertz CT molecular complexity index is 1160. The van der Waals surface area contributed by atoms with Crippen LogP contribution in [0.1, 0.15) is 45.7 Å². The molecule has 0 radical (unpaired) electrons. The Morgan fingerprint density at radius 3 is 2.97 bits per heavy atom. The molecule has 0 bridgehead atoms. The van der Waals surface area contributed by atoms with Crippen LogP contribution in [0.25, 0.3) is 5.69 Å². The van der Waals surface area contributed by atoms with Crippen molar-refractivity contribution in [2.45, 2.75) is 45.4 Å². The van der Waals surface area contributed by atoms with Crippen LogP contribution in [0.2, 0.25) is 0 Å². The molecule has 33 heavy (non-hydrogen) atoms. The Morgan fingerprint density at radius 1 is 1.27 bits per heavy atom. The van der Waals surface area contributed by atoms with Gasteiger partial charge >= 0.3 is 0 Å². The van der Waals surface area contributed by atoms with E-state index in [2.05, 4.69) is 26.6 Å². The molecule has 1 atom stereocenters. The van der Waals surface area contributed by atoms with Crippen molar-refractivity contribution < 1.29 is 13.9 Å². The molecule has 1 amide bonds. The molecule has 1 fully saturated rings. The first-order chi connectivity index (χ1) is 16.1. The van der Waals surface area contributed by atoms with Gasteiger partial charge in [-0.25, -0.2) is 9.07 Å². The van der Waals surface area contributed by atoms with Crippen molar-refractivity contribution in [1.82, 2.24) is 25.2 Å². The van der Waals surface area contributed by atoms with Gasteiger partial charge in [0.2, 0.25) is 0 Å². The number of amides is 1. The van der Waals surface area contributed by atoms with Crippen LogP contribution in [-0.2, 0) is 24.2 Å². The summed E-state index contributed by atoms with van der Waals surface area (Å²) in [5.41, 5.74) is 5.42. The molecule has 2 aliphatic heterocycles. The highest BCUT2D eigenvalue weighted by molar-refractivity contribution is 5.93. The summed E-state index contributed by atoms with van der Waals surface area (Å²) >= 11 is 0. The van der Waals surface area contributed by atoms with E-state index in [1.165, 1.54) is 17.2 Å². The average Bonchev–Trinajstić information content (AvgIpc) is 3.47. The average molecular weight is 450 g/mol. The van der Waals surface area contributed by atoms with Crippen LogP contribution in [0.3, 0.4) is 0 Å². The first-order valence-corrected chi connectivity index (χ1v) is 11.5. The third-order valence-corrected chi connectivity index (χ3v) is 6.47. The van der Waals surface area contributed by atoms with E-state index in [-0.39, 0.29) is 17.8 Å². The minimum absolute atomic E-state index is 0.0840. The van der Waals surface area contributed by atoms with Gasteiger partial charge in [-0.3, -0.25) is 9.69 Å². The topological polar surface area (TPSA) is 72.3 Å². The molecule has 3 aromatic rings. The summed E-state index contributed by atoms with van der Waals surface area (Å²) in [7, 11) is 0. The number of nitrogens with zero attached hydrogens (tertiary/aromatic N) is 4. The van der Waals surface area contributed by atoms with E-state index >= 15 is 0 Å². The summed E-state index contributed by atoms with van der Waals surface area (Å²) in [6.45, 7) is 5.48. The number of carbonyl (C=O) groups is 1. The number of rotatable bonds is 6. The summed E-state index contributed by atoms with van der Waals surface area (Å²) in [6.07, 6.45) is 2.94. The van der Waals surface area contributed by atoms with Crippen LogP contribution in [0.15, 0.2) is 42.5 Å². The van der Waals surface area contributed by atoms with Crippen LogP contribution in [-0.4, -0.2) is 51.6 Å². The predicted molar refractivity (Wildman–Crippen MR) is 122 cm³/mol. The van der Waals surface area contributed by atoms with E-state index in [0.717, 1.165) is 55.9 Å². The molecule has 8 heteroatoms. The van der Waals surface area contributed by atoms with Crippen molar-refractivity contribution in [1.29, 1.82) is 0 Å². The van der Waals surface area contributed by atoms with Crippen molar-refractivity contribution >= 4 is 5.91 Å². The molecule has 2 aliphatic rings. The fourth-order valence-corrected chi connectivity index (χ4v) is 4.74. The van der Waals surface area contributed by atoms with Gasteiger partial charge in [-0.05, 0) is 61.1 Å². The molecule has 172 valence electrons. The Morgan fingerprint density at radius 2 is 2.15 bits per heavy atom. The van der Waals surface area contributed by atoms with Crippen LogP contribution in [0.4, 0.5) is 4.39 Å². The standard InChI is InChI=1S/C25H28FN5O2/c1-17-24(25(32)27-14-21-8-4-12-33-21)28-29-31(17)23-9-3-6-19-16-30(11-10-22(19)23)15-18-5-2-7-20(26)13-18/h2-3,5-7,9,13,21H,4,8,10-12,14-16H2,1H3,(H,27,32)/t21-/m1/s1. The predicted octanol–water partition coefficient (Wildman–Crippen LogP) is 3.18. The van der Waals surface area contributed by atoms with Gasteiger partial charge in [0, 0.05) is 32.8 Å². The van der Waals surface area contributed by atoms with Crippen LogP contribution in [0.5, 0.6) is 0 Å². The second-order valence-corrected chi connectivity index (χ2v) is 8.79. The Hall–Kier alpha value is -3.10. The molecule has 1 aromatic heterocycles. The molecule has 3 heterocycles. The zero-order valence-electron chi connectivity index (χ0n) is 18.8. The minimum Gasteiger partial charge on any atom is -0.376 e. The number of hydrogen-bond acceptors (Lipinski definition) is 5. The lowest BCUT2D eigenvalue weighted by molar-refractivity contribution is 0.0853. The summed E-state index contributed by atoms with van der Waals surface area (Å²) in [5.74, 6) is -0.426. The fraction of sp³-hybridized carbons (Fsp3) is 0.400. The molecular formula is C25H28FN5O2. The maximum absolute atomic E-state index is 13.6. The van der Waals surface area contributed by atoms with Gasteiger partial charge in [-0.1, -0.05) is 29.5 Å². The fourth-order valence-electron chi connectivity index (χ4n) is 4.74. The lowest BCUT2D eigenvalue weighted by atomic mass is 9.97. The molecular weight excluding hydrogens is 421 g/mol. The third-order valence-electron chi connectivity index (χ3n) is 6.47. The van der Waals surface area contributed by atoms with E-state index in [1.807, 2.05) is 25.1 Å². The number of fused-ring (bicyclic) bond motifs is 1. The number of halogens is 1. The number of carbonyl (C=O) groups excluding carboxylic acids is 1. The van der Waals surface area contributed by atoms with Gasteiger partial charge in [-0.15, -0.1) is 5.10 Å². The highest BCUT2D eigenvalue weighted by atomic mass is 19.1. The molecule has 1 saturated heterocycles. The van der Waals surface area contributed by atoms with Crippen molar-refractivity contribution in [3.63, 3.8) is 0 Å². The van der Waals surface area contributed by atoms with Gasteiger partial charge in [0.1, 0.15) is 5.82 Å². The molecule has 5 rings (SSSR count). The molecule has 0 unspecified atom stereocenters. The summed E-state index contributed by atoms with van der Waals surface area (Å²) in [4.78, 5) is 15.0. The lowest BCUT2D eigenvalue weighted by Gasteiger charge is -2.30. The van der Waals surface area contributed by atoms with Gasteiger partial charge in [0.05, 0.1) is 17.5 Å². The summed E-state index contributed by atoms with van der Waals surface area (Å²) < 4.78 is 20.9. The number of hydrogen-bond donors (Lipinski definition) is 1. The van der Waals surface area contributed by atoms with Crippen molar-refractivity contribution in [3.8, 4) is 5.69 Å². The van der Waals surface area contributed by atoms with Crippen molar-refractivity contribution in [2.75, 3.05) is 19.7 Å². The van der Waals surface area contributed by atoms with Crippen molar-refractivity contribution in [3.05, 3.63) is 76.4 Å². The van der Waals surface area contributed by atoms with Crippen LogP contribution < -0.4 is 5.32 Å². The summed E-state index contributed by atoms with van der Waals surface area (Å²) in [6, 6.07) is 12.9. The second-order valence-electron chi connectivity index (χ2n) is 8.79. The maximum Gasteiger partial charge on any atom is 0.273 e. The summed E-state index contributed by atoms with van der Waals surface area (Å²) in [5, 5.41) is 11.4. The number of aromatic nitrogens is 3. The van der Waals surface area contributed by atoms with Gasteiger partial charge in [-0.2, -0.15) is 0 Å². The minimum atomic E-state index is -0.222. The Labute approximate surface area is 192 Å². The molecule has 1 N–H and O–H groups in total. The number of benzene rings is 2. The van der Waals surface area contributed by atoms with Crippen LogP contribution >= 0.6 is 0 Å². The number of nitrogens with one attached hydrogen (secondary N) is 1. The van der Waals surface area contributed by atoms with E-state index in [1.54, 1.807) is 16.8 Å². The van der Waals surface area contributed by atoms with Crippen molar-refractivity contribution in [2.24, 2.45) is 0 Å². The Kier molecular flexibility index (Phi) is 6.20. The highest BCUT2D eigenvalue weighted by Crippen LogP contribution is 2.27.